The van der Waals surface area contributed by atoms with E-state index in [1.165, 1.54) is 0 Å². The van der Waals surface area contributed by atoms with Crippen LogP contribution in [-0.4, -0.2) is 15.0 Å². The lowest BCUT2D eigenvalue weighted by molar-refractivity contribution is 1.07. The van der Waals surface area contributed by atoms with Crippen molar-refractivity contribution in [3.8, 4) is 56.4 Å². The van der Waals surface area contributed by atoms with Crippen molar-refractivity contribution in [2.75, 3.05) is 9.80 Å². The van der Waals surface area contributed by atoms with E-state index in [1.54, 1.807) is 0 Å². The molecule has 62 heavy (non-hydrogen) atoms. The second-order valence-electron chi connectivity index (χ2n) is 14.9. The molecule has 294 valence electrons. The number of para-hydroxylation sites is 3. The molecular formula is C57H41N5. The van der Waals surface area contributed by atoms with Gasteiger partial charge in [0.05, 0.1) is 0 Å². The van der Waals surface area contributed by atoms with Crippen LogP contribution in [0.15, 0.2) is 249 Å². The van der Waals surface area contributed by atoms with Crippen molar-refractivity contribution in [2.45, 2.75) is 0 Å². The molecule has 0 atom stereocenters. The normalized spacial score (nSPS) is 10.9. The van der Waals surface area contributed by atoms with Gasteiger partial charge in [0.25, 0.3) is 0 Å². The summed E-state index contributed by atoms with van der Waals surface area (Å²) in [6.45, 7) is 0. The summed E-state index contributed by atoms with van der Waals surface area (Å²) in [6.07, 6.45) is 0. The zero-order valence-corrected chi connectivity index (χ0v) is 33.9. The molecule has 0 N–H and O–H groups in total. The summed E-state index contributed by atoms with van der Waals surface area (Å²) in [5.74, 6) is 1.84. The van der Waals surface area contributed by atoms with E-state index in [1.807, 2.05) is 30.3 Å². The van der Waals surface area contributed by atoms with Crippen molar-refractivity contribution in [1.29, 1.82) is 0 Å². The van der Waals surface area contributed by atoms with Crippen LogP contribution in [0.25, 0.3) is 56.4 Å². The number of hydrogen-bond donors (Lipinski definition) is 0. The van der Waals surface area contributed by atoms with Crippen LogP contribution in [0.3, 0.4) is 0 Å². The number of rotatable bonds is 11. The number of hydrogen-bond acceptors (Lipinski definition) is 5. The summed E-state index contributed by atoms with van der Waals surface area (Å²) in [4.78, 5) is 19.8. The maximum absolute atomic E-state index is 5.09. The van der Waals surface area contributed by atoms with Crippen LogP contribution in [-0.2, 0) is 0 Å². The second-order valence-corrected chi connectivity index (χ2v) is 14.9. The van der Waals surface area contributed by atoms with Gasteiger partial charge in [0.15, 0.2) is 17.5 Å². The monoisotopic (exact) mass is 795 g/mol. The Kier molecular flexibility index (Phi) is 10.6. The fraction of sp³-hybridized carbons (Fsp3) is 0. The molecule has 0 amide bonds. The van der Waals surface area contributed by atoms with Gasteiger partial charge in [-0.15, -0.1) is 0 Å². The van der Waals surface area contributed by atoms with Crippen LogP contribution in [0.2, 0.25) is 0 Å². The molecule has 5 nitrogen and oxygen atoms in total. The van der Waals surface area contributed by atoms with Gasteiger partial charge in [-0.05, 0) is 107 Å². The van der Waals surface area contributed by atoms with Gasteiger partial charge in [-0.2, -0.15) is 0 Å². The molecule has 0 aliphatic heterocycles. The Balaban J connectivity index is 1.01. The minimum Gasteiger partial charge on any atom is -0.311 e. The molecule has 0 aliphatic rings. The number of benzene rings is 9. The molecule has 0 unspecified atom stereocenters. The minimum atomic E-state index is 0.605. The van der Waals surface area contributed by atoms with E-state index in [-0.39, 0.29) is 0 Å². The number of anilines is 6. The maximum atomic E-state index is 5.09. The lowest BCUT2D eigenvalue weighted by atomic mass is 10.0. The molecule has 0 bridgehead atoms. The second kappa shape index (κ2) is 17.4. The van der Waals surface area contributed by atoms with Crippen molar-refractivity contribution in [3.63, 3.8) is 0 Å². The highest BCUT2D eigenvalue weighted by atomic mass is 15.2. The topological polar surface area (TPSA) is 45.2 Å². The Bertz CT molecular complexity index is 2860. The van der Waals surface area contributed by atoms with E-state index in [9.17, 15) is 0 Å². The zero-order valence-electron chi connectivity index (χ0n) is 33.9. The highest BCUT2D eigenvalue weighted by Crippen LogP contribution is 2.39. The molecule has 0 saturated heterocycles. The van der Waals surface area contributed by atoms with Crippen LogP contribution in [0.4, 0.5) is 34.1 Å². The average molecular weight is 796 g/mol. The fourth-order valence-corrected chi connectivity index (χ4v) is 7.78. The molecule has 0 spiro atoms. The standard InChI is InChI=1S/C57H41N5/c1-6-16-42(17-7-1)44-26-30-46(31-27-44)55-58-56(47-32-28-45(29-33-47)43-18-8-2-9-19-43)60-57(59-55)48-34-36-52(37-35-48)62(51-24-14-5-15-25-51)54-40-38-53(39-41-54)61(49-20-10-3-11-21-49)50-22-12-4-13-23-50/h1-41H. The summed E-state index contributed by atoms with van der Waals surface area (Å²) in [6, 6.07) is 86.3. The van der Waals surface area contributed by atoms with Gasteiger partial charge < -0.3 is 9.80 Å². The summed E-state index contributed by atoms with van der Waals surface area (Å²) < 4.78 is 0. The van der Waals surface area contributed by atoms with Crippen molar-refractivity contribution >= 4 is 34.1 Å². The molecule has 5 heteroatoms. The van der Waals surface area contributed by atoms with Crippen LogP contribution in [0.5, 0.6) is 0 Å². The van der Waals surface area contributed by atoms with E-state index in [4.69, 9.17) is 15.0 Å². The molecule has 0 fully saturated rings. The largest absolute Gasteiger partial charge is 0.311 e. The smallest absolute Gasteiger partial charge is 0.164 e. The predicted octanol–water partition coefficient (Wildman–Crippen LogP) is 15.1. The third kappa shape index (κ3) is 8.11. The van der Waals surface area contributed by atoms with Gasteiger partial charge in [-0.1, -0.05) is 164 Å². The van der Waals surface area contributed by atoms with Crippen LogP contribution >= 0.6 is 0 Å². The number of nitrogens with zero attached hydrogens (tertiary/aromatic N) is 5. The third-order valence-corrected chi connectivity index (χ3v) is 10.9. The Morgan fingerprint density at radius 3 is 0.661 bits per heavy atom. The SMILES string of the molecule is c1ccc(-c2ccc(-c3nc(-c4ccc(-c5ccccc5)cc4)nc(-c4ccc(N(c5ccccc5)c5ccc(N(c6ccccc6)c6ccccc6)cc5)cc4)n3)cc2)cc1. The van der Waals surface area contributed by atoms with Crippen LogP contribution in [0, 0.1) is 0 Å². The zero-order chi connectivity index (χ0) is 41.5. The molecule has 1 aromatic heterocycles. The number of aromatic nitrogens is 3. The highest BCUT2D eigenvalue weighted by Gasteiger charge is 2.18. The van der Waals surface area contributed by atoms with Gasteiger partial charge in [0.1, 0.15) is 0 Å². The van der Waals surface area contributed by atoms with E-state index in [2.05, 4.69) is 228 Å². The van der Waals surface area contributed by atoms with Gasteiger partial charge in [-0.25, -0.2) is 15.0 Å². The lowest BCUT2D eigenvalue weighted by Gasteiger charge is -2.28. The molecule has 0 aliphatic carbocycles. The summed E-state index contributed by atoms with van der Waals surface area (Å²) >= 11 is 0. The minimum absolute atomic E-state index is 0.605. The predicted molar refractivity (Wildman–Crippen MR) is 256 cm³/mol. The summed E-state index contributed by atoms with van der Waals surface area (Å²) in [5.41, 5.74) is 13.7. The first-order chi connectivity index (χ1) is 30.7. The van der Waals surface area contributed by atoms with Gasteiger partial charge in [0.2, 0.25) is 0 Å². The molecule has 10 rings (SSSR count). The first-order valence-electron chi connectivity index (χ1n) is 20.8. The van der Waals surface area contributed by atoms with Crippen molar-refractivity contribution in [1.82, 2.24) is 15.0 Å². The molecular weight excluding hydrogens is 755 g/mol. The van der Waals surface area contributed by atoms with Gasteiger partial charge in [0, 0.05) is 50.8 Å². The average Bonchev–Trinajstić information content (AvgIpc) is 3.36. The van der Waals surface area contributed by atoms with Crippen LogP contribution < -0.4 is 9.80 Å². The van der Waals surface area contributed by atoms with Crippen LogP contribution in [0.1, 0.15) is 0 Å². The first kappa shape index (κ1) is 37.8. The van der Waals surface area contributed by atoms with E-state index < -0.39 is 0 Å². The van der Waals surface area contributed by atoms with E-state index in [0.717, 1.165) is 73.1 Å². The Morgan fingerprint density at radius 1 is 0.177 bits per heavy atom. The van der Waals surface area contributed by atoms with Gasteiger partial charge in [-0.3, -0.25) is 0 Å². The quantitative estimate of drug-likeness (QED) is 0.130. The lowest BCUT2D eigenvalue weighted by Crippen LogP contribution is -2.12. The Morgan fingerprint density at radius 2 is 0.371 bits per heavy atom. The van der Waals surface area contributed by atoms with Crippen molar-refractivity contribution < 1.29 is 0 Å². The van der Waals surface area contributed by atoms with E-state index >= 15 is 0 Å². The van der Waals surface area contributed by atoms with Crippen molar-refractivity contribution in [3.05, 3.63) is 249 Å². The van der Waals surface area contributed by atoms with Crippen molar-refractivity contribution in [2.24, 2.45) is 0 Å². The summed E-state index contributed by atoms with van der Waals surface area (Å²) in [7, 11) is 0. The highest BCUT2D eigenvalue weighted by molar-refractivity contribution is 5.82. The fourth-order valence-electron chi connectivity index (χ4n) is 7.78. The molecule has 1 heterocycles. The molecule has 9 aromatic carbocycles. The molecule has 10 aromatic rings. The third-order valence-electron chi connectivity index (χ3n) is 10.9. The first-order valence-corrected chi connectivity index (χ1v) is 20.8. The maximum Gasteiger partial charge on any atom is 0.164 e. The molecule has 0 saturated carbocycles. The Labute approximate surface area is 362 Å². The van der Waals surface area contributed by atoms with Gasteiger partial charge >= 0.3 is 0 Å². The Hall–Kier alpha value is -8.41. The van der Waals surface area contributed by atoms with E-state index in [0.29, 0.717) is 17.5 Å². The summed E-state index contributed by atoms with van der Waals surface area (Å²) in [5, 5.41) is 0. The molecule has 0 radical (unpaired) electrons.